The molecule has 0 atom stereocenters. The lowest BCUT2D eigenvalue weighted by Crippen LogP contribution is -2.30. The maximum Gasteiger partial charge on any atom is 0.360 e. The Bertz CT molecular complexity index is 520. The molecule has 1 aliphatic rings. The van der Waals surface area contributed by atoms with E-state index >= 15 is 0 Å². The van der Waals surface area contributed by atoms with Gasteiger partial charge in [-0.1, -0.05) is 19.1 Å². The van der Waals surface area contributed by atoms with Crippen LogP contribution >= 0.6 is 0 Å². The molecule has 1 N–H and O–H groups in total. The zero-order valence-electron chi connectivity index (χ0n) is 12.8. The van der Waals surface area contributed by atoms with Crippen molar-refractivity contribution in [1.29, 1.82) is 0 Å². The van der Waals surface area contributed by atoms with Gasteiger partial charge in [0, 0.05) is 6.04 Å². The van der Waals surface area contributed by atoms with Crippen molar-refractivity contribution >= 4 is 11.9 Å². The van der Waals surface area contributed by atoms with E-state index in [1.807, 2.05) is 13.8 Å². The van der Waals surface area contributed by atoms with Gasteiger partial charge in [-0.3, -0.25) is 4.79 Å². The van der Waals surface area contributed by atoms with E-state index in [-0.39, 0.29) is 24.8 Å². The van der Waals surface area contributed by atoms with Crippen molar-refractivity contribution < 1.29 is 14.3 Å². The molecule has 1 fully saturated rings. The zero-order valence-corrected chi connectivity index (χ0v) is 12.8. The molecular formula is C14H22N4O3. The molecule has 7 heteroatoms. The minimum atomic E-state index is -0.484. The molecule has 7 nitrogen and oxygen atoms in total. The zero-order chi connectivity index (χ0) is 15.4. The van der Waals surface area contributed by atoms with Crippen LogP contribution in [0, 0.1) is 5.92 Å². The summed E-state index contributed by atoms with van der Waals surface area (Å²) in [5, 5.41) is 10.7. The van der Waals surface area contributed by atoms with Crippen LogP contribution in [0.3, 0.4) is 0 Å². The van der Waals surface area contributed by atoms with Crippen molar-refractivity contribution in [3.05, 3.63) is 11.4 Å². The molecule has 1 aromatic heterocycles. The predicted molar refractivity (Wildman–Crippen MR) is 75.7 cm³/mol. The molecular weight excluding hydrogens is 272 g/mol. The van der Waals surface area contributed by atoms with Crippen LogP contribution in [-0.2, 0) is 22.5 Å². The number of nitrogens with one attached hydrogen (secondary N) is 1. The Labute approximate surface area is 124 Å². The van der Waals surface area contributed by atoms with Gasteiger partial charge in [0.05, 0.1) is 12.3 Å². The summed E-state index contributed by atoms with van der Waals surface area (Å²) in [4.78, 5) is 23.8. The summed E-state index contributed by atoms with van der Waals surface area (Å²) in [6.45, 7) is 6.19. The fourth-order valence-electron chi connectivity index (χ4n) is 2.04. The molecule has 0 spiro atoms. The normalized spacial score (nSPS) is 14.3. The number of esters is 1. The summed E-state index contributed by atoms with van der Waals surface area (Å²) >= 11 is 0. The molecule has 0 bridgehead atoms. The Morgan fingerprint density at radius 3 is 2.71 bits per heavy atom. The van der Waals surface area contributed by atoms with Crippen molar-refractivity contribution in [3.63, 3.8) is 0 Å². The first-order valence-electron chi connectivity index (χ1n) is 7.40. The number of hydrogen-bond donors (Lipinski definition) is 1. The first kappa shape index (κ1) is 15.5. The Hall–Kier alpha value is -1.92. The second kappa shape index (κ2) is 6.69. The molecule has 2 rings (SSSR count). The van der Waals surface area contributed by atoms with Crippen LogP contribution in [0.2, 0.25) is 0 Å². The van der Waals surface area contributed by atoms with Gasteiger partial charge in [0.2, 0.25) is 5.91 Å². The lowest BCUT2D eigenvalue weighted by molar-refractivity contribution is -0.122. The Morgan fingerprint density at radius 1 is 1.43 bits per heavy atom. The maximum atomic E-state index is 11.9. The monoisotopic (exact) mass is 294 g/mol. The third-order valence-electron chi connectivity index (χ3n) is 3.14. The molecule has 0 unspecified atom stereocenters. The highest BCUT2D eigenvalue weighted by atomic mass is 16.5. The van der Waals surface area contributed by atoms with Gasteiger partial charge in [-0.05, 0) is 32.1 Å². The van der Waals surface area contributed by atoms with E-state index in [1.54, 1.807) is 6.92 Å². The topological polar surface area (TPSA) is 86.1 Å². The molecule has 0 aromatic carbocycles. The van der Waals surface area contributed by atoms with Crippen molar-refractivity contribution in [2.24, 2.45) is 5.92 Å². The van der Waals surface area contributed by atoms with Gasteiger partial charge in [-0.15, -0.1) is 5.10 Å². The van der Waals surface area contributed by atoms with Crippen molar-refractivity contribution in [1.82, 2.24) is 20.3 Å². The van der Waals surface area contributed by atoms with E-state index in [0.29, 0.717) is 24.1 Å². The summed E-state index contributed by atoms with van der Waals surface area (Å²) < 4.78 is 6.49. The van der Waals surface area contributed by atoms with Crippen LogP contribution in [0.15, 0.2) is 0 Å². The summed E-state index contributed by atoms with van der Waals surface area (Å²) in [7, 11) is 0. The highest BCUT2D eigenvalue weighted by molar-refractivity contribution is 5.88. The van der Waals surface area contributed by atoms with E-state index < -0.39 is 5.97 Å². The number of ether oxygens (including phenoxy) is 1. The number of hydrogen-bond acceptors (Lipinski definition) is 5. The van der Waals surface area contributed by atoms with Crippen molar-refractivity contribution in [3.8, 4) is 0 Å². The largest absolute Gasteiger partial charge is 0.461 e. The standard InChI is InChI=1S/C14H22N4O3/c1-4-21-14(20)13-11(7-9(2)3)18(17-16-13)8-12(19)15-10-5-6-10/h9-10H,4-8H2,1-3H3,(H,15,19). The fourth-order valence-corrected chi connectivity index (χ4v) is 2.04. The third kappa shape index (κ3) is 4.27. The van der Waals surface area contributed by atoms with Crippen molar-refractivity contribution in [2.75, 3.05) is 6.61 Å². The lowest BCUT2D eigenvalue weighted by Gasteiger charge is -2.10. The lowest BCUT2D eigenvalue weighted by atomic mass is 10.1. The van der Waals surface area contributed by atoms with E-state index in [0.717, 1.165) is 12.8 Å². The summed E-state index contributed by atoms with van der Waals surface area (Å²) in [6.07, 6.45) is 2.70. The van der Waals surface area contributed by atoms with Crippen LogP contribution in [0.25, 0.3) is 0 Å². The third-order valence-corrected chi connectivity index (χ3v) is 3.14. The molecule has 0 saturated heterocycles. The minimum Gasteiger partial charge on any atom is -0.461 e. The molecule has 1 aliphatic carbocycles. The van der Waals surface area contributed by atoms with Crippen LogP contribution in [0.5, 0.6) is 0 Å². The highest BCUT2D eigenvalue weighted by Crippen LogP contribution is 2.19. The van der Waals surface area contributed by atoms with Gasteiger partial charge < -0.3 is 10.1 Å². The first-order valence-corrected chi connectivity index (χ1v) is 7.40. The predicted octanol–water partition coefficient (Wildman–Crippen LogP) is 0.932. The number of nitrogens with zero attached hydrogens (tertiary/aromatic N) is 3. The number of carbonyl (C=O) groups excluding carboxylic acids is 2. The van der Waals surface area contributed by atoms with Gasteiger partial charge in [0.15, 0.2) is 5.69 Å². The maximum absolute atomic E-state index is 11.9. The molecule has 21 heavy (non-hydrogen) atoms. The summed E-state index contributed by atoms with van der Waals surface area (Å²) in [5.74, 6) is -0.258. The average molecular weight is 294 g/mol. The molecule has 1 saturated carbocycles. The van der Waals surface area contributed by atoms with Crippen LogP contribution < -0.4 is 5.32 Å². The summed E-state index contributed by atoms with van der Waals surface area (Å²) in [6, 6.07) is 0.305. The second-order valence-electron chi connectivity index (χ2n) is 5.70. The SMILES string of the molecule is CCOC(=O)c1nnn(CC(=O)NC2CC2)c1CC(C)C. The van der Waals surface area contributed by atoms with Gasteiger partial charge in [-0.25, -0.2) is 9.48 Å². The molecule has 116 valence electrons. The first-order chi connectivity index (χ1) is 10.0. The summed E-state index contributed by atoms with van der Waals surface area (Å²) in [5.41, 5.74) is 0.874. The van der Waals surface area contributed by atoms with Gasteiger partial charge >= 0.3 is 5.97 Å². The highest BCUT2D eigenvalue weighted by Gasteiger charge is 2.26. The number of rotatable bonds is 7. The Morgan fingerprint density at radius 2 is 2.14 bits per heavy atom. The van der Waals surface area contributed by atoms with Crippen molar-refractivity contribution in [2.45, 2.75) is 52.6 Å². The average Bonchev–Trinajstić information content (AvgIpc) is 3.12. The van der Waals surface area contributed by atoms with Crippen LogP contribution in [0.4, 0.5) is 0 Å². The fraction of sp³-hybridized carbons (Fsp3) is 0.714. The van der Waals surface area contributed by atoms with E-state index in [4.69, 9.17) is 4.74 Å². The quantitative estimate of drug-likeness (QED) is 0.756. The molecule has 1 heterocycles. The van der Waals surface area contributed by atoms with Gasteiger partial charge in [-0.2, -0.15) is 0 Å². The number of carbonyl (C=O) groups is 2. The van der Waals surface area contributed by atoms with Crippen LogP contribution in [0.1, 0.15) is 49.8 Å². The van der Waals surface area contributed by atoms with Gasteiger partial charge in [0.25, 0.3) is 0 Å². The van der Waals surface area contributed by atoms with E-state index in [9.17, 15) is 9.59 Å². The van der Waals surface area contributed by atoms with E-state index in [2.05, 4.69) is 15.6 Å². The Balaban J connectivity index is 2.14. The molecule has 0 radical (unpaired) electrons. The molecule has 1 aromatic rings. The molecule has 1 amide bonds. The van der Waals surface area contributed by atoms with Gasteiger partial charge in [0.1, 0.15) is 6.54 Å². The number of amides is 1. The smallest absolute Gasteiger partial charge is 0.360 e. The second-order valence-corrected chi connectivity index (χ2v) is 5.70. The van der Waals surface area contributed by atoms with E-state index in [1.165, 1.54) is 4.68 Å². The molecule has 0 aliphatic heterocycles. The van der Waals surface area contributed by atoms with Crippen LogP contribution in [-0.4, -0.2) is 39.5 Å². The number of aromatic nitrogens is 3. The minimum absolute atomic E-state index is 0.0883. The Kier molecular flexibility index (Phi) is 4.93.